The summed E-state index contributed by atoms with van der Waals surface area (Å²) >= 11 is 1.37. The summed E-state index contributed by atoms with van der Waals surface area (Å²) in [5, 5.41) is 11.7. The van der Waals surface area contributed by atoms with Crippen LogP contribution in [0.4, 0.5) is 11.4 Å². The number of hydrogen-bond donors (Lipinski definition) is 1. The normalized spacial score (nSPS) is 10.7. The van der Waals surface area contributed by atoms with Gasteiger partial charge in [0, 0.05) is 25.8 Å². The number of rotatable bonds is 3. The lowest BCUT2D eigenvalue weighted by molar-refractivity contribution is 0.416. The van der Waals surface area contributed by atoms with Gasteiger partial charge >= 0.3 is 0 Å². The van der Waals surface area contributed by atoms with Crippen molar-refractivity contribution in [1.29, 1.82) is 5.26 Å². The van der Waals surface area contributed by atoms with Gasteiger partial charge in [0.05, 0.1) is 7.11 Å². The van der Waals surface area contributed by atoms with Crippen LogP contribution in [0.25, 0.3) is 0 Å². The molecule has 0 unspecified atom stereocenters. The lowest BCUT2D eigenvalue weighted by atomic mass is 10.2. The maximum atomic E-state index is 8.60. The maximum absolute atomic E-state index is 8.60. The summed E-state index contributed by atoms with van der Waals surface area (Å²) in [7, 11) is 5.52. The molecule has 0 heterocycles. The predicted octanol–water partition coefficient (Wildman–Crippen LogP) is 2.18. The molecule has 18 heavy (non-hydrogen) atoms. The Bertz CT molecular complexity index is 479. The van der Waals surface area contributed by atoms with Gasteiger partial charge in [-0.15, -0.1) is 0 Å². The third-order valence-electron chi connectivity index (χ3n) is 2.26. The number of nitrogens with one attached hydrogen (secondary N) is 1. The Hall–Kier alpha value is -1.87. The van der Waals surface area contributed by atoms with Gasteiger partial charge in [0.2, 0.25) is 0 Å². The van der Waals surface area contributed by atoms with Gasteiger partial charge < -0.3 is 9.64 Å². The van der Waals surface area contributed by atoms with Crippen LogP contribution < -0.4 is 15.0 Å². The Labute approximate surface area is 111 Å². The number of hydrogen-bond acceptors (Lipinski definition) is 5. The maximum Gasteiger partial charge on any atom is 0.183 e. The first kappa shape index (κ1) is 14.2. The number of ether oxygens (including phenoxy) is 1. The summed E-state index contributed by atoms with van der Waals surface area (Å²) in [6.07, 6.45) is 3.71. The lowest BCUT2D eigenvalue weighted by Crippen LogP contribution is -2.12. The van der Waals surface area contributed by atoms with E-state index in [2.05, 4.69) is 10.3 Å². The second kappa shape index (κ2) is 6.77. The summed E-state index contributed by atoms with van der Waals surface area (Å²) in [5.74, 6) is 0.674. The van der Waals surface area contributed by atoms with E-state index in [0.717, 1.165) is 5.69 Å². The molecule has 0 fully saturated rings. The fourth-order valence-corrected chi connectivity index (χ4v) is 1.66. The van der Waals surface area contributed by atoms with E-state index in [0.29, 0.717) is 16.6 Å². The quantitative estimate of drug-likeness (QED) is 0.392. The Morgan fingerprint density at radius 2 is 2.22 bits per heavy atom. The molecule has 1 N–H and O–H groups in total. The molecule has 96 valence electrons. The number of aliphatic imine (C=N–C) groups is 1. The molecule has 0 aliphatic rings. The van der Waals surface area contributed by atoms with Crippen LogP contribution in [0.15, 0.2) is 23.2 Å². The highest BCUT2D eigenvalue weighted by Gasteiger charge is 2.06. The van der Waals surface area contributed by atoms with Crippen LogP contribution in [0.5, 0.6) is 5.75 Å². The second-order valence-electron chi connectivity index (χ2n) is 3.61. The number of methoxy groups -OCH3 is 1. The van der Waals surface area contributed by atoms with Crippen molar-refractivity contribution >= 4 is 28.3 Å². The minimum absolute atomic E-state index is 0.536. The van der Waals surface area contributed by atoms with Gasteiger partial charge in [-0.2, -0.15) is 5.26 Å². The Morgan fingerprint density at radius 1 is 1.50 bits per heavy atom. The molecule has 6 heteroatoms. The Morgan fingerprint density at radius 3 is 2.72 bits per heavy atom. The van der Waals surface area contributed by atoms with Gasteiger partial charge in [0.25, 0.3) is 0 Å². The van der Waals surface area contributed by atoms with Crippen molar-refractivity contribution in [3.05, 3.63) is 18.2 Å². The molecule has 0 radical (unpaired) electrons. The second-order valence-corrected chi connectivity index (χ2v) is 4.40. The molecule has 0 bridgehead atoms. The van der Waals surface area contributed by atoms with E-state index in [-0.39, 0.29) is 0 Å². The molecule has 0 amide bonds. The topological polar surface area (TPSA) is 60.6 Å². The van der Waals surface area contributed by atoms with Crippen LogP contribution in [0.3, 0.4) is 0 Å². The van der Waals surface area contributed by atoms with Gasteiger partial charge in [0.1, 0.15) is 11.4 Å². The van der Waals surface area contributed by atoms with Crippen LogP contribution >= 0.6 is 11.8 Å². The molecule has 0 aromatic heterocycles. The summed E-state index contributed by atoms with van der Waals surface area (Å²) < 4.78 is 5.31. The highest BCUT2D eigenvalue weighted by Crippen LogP contribution is 2.31. The first-order valence-electron chi connectivity index (χ1n) is 5.25. The molecule has 1 aromatic carbocycles. The molecule has 0 aliphatic carbocycles. The monoisotopic (exact) mass is 264 g/mol. The fourth-order valence-electron chi connectivity index (χ4n) is 1.32. The molecule has 0 spiro atoms. The lowest BCUT2D eigenvalue weighted by Gasteiger charge is -2.14. The van der Waals surface area contributed by atoms with E-state index in [9.17, 15) is 0 Å². The number of nitriles is 1. The van der Waals surface area contributed by atoms with Gasteiger partial charge in [-0.3, -0.25) is 5.32 Å². The van der Waals surface area contributed by atoms with E-state index in [1.165, 1.54) is 11.8 Å². The molecule has 0 saturated heterocycles. The van der Waals surface area contributed by atoms with Crippen molar-refractivity contribution < 1.29 is 4.74 Å². The highest BCUT2D eigenvalue weighted by atomic mass is 32.2. The van der Waals surface area contributed by atoms with Gasteiger partial charge in [0.15, 0.2) is 11.4 Å². The van der Waals surface area contributed by atoms with E-state index in [1.807, 2.05) is 49.6 Å². The first-order chi connectivity index (χ1) is 8.62. The van der Waals surface area contributed by atoms with E-state index in [4.69, 9.17) is 10.00 Å². The minimum atomic E-state index is 0.536. The van der Waals surface area contributed by atoms with Crippen molar-refractivity contribution in [2.24, 2.45) is 4.99 Å². The molecule has 0 atom stereocenters. The Balaban J connectivity index is 3.13. The van der Waals surface area contributed by atoms with Crippen LogP contribution in [-0.2, 0) is 0 Å². The van der Waals surface area contributed by atoms with Crippen LogP contribution in [0.1, 0.15) is 0 Å². The predicted molar refractivity (Wildman–Crippen MR) is 76.7 cm³/mol. The van der Waals surface area contributed by atoms with Crippen molar-refractivity contribution in [3.63, 3.8) is 0 Å². The number of nitrogens with zero attached hydrogens (tertiary/aromatic N) is 3. The fraction of sp³-hybridized carbons (Fsp3) is 0.333. The third kappa shape index (κ3) is 3.57. The summed E-state index contributed by atoms with van der Waals surface area (Å²) in [5.41, 5.74) is 1.72. The molecule has 5 nitrogen and oxygen atoms in total. The largest absolute Gasteiger partial charge is 0.494 e. The molecule has 1 rings (SSSR count). The molecule has 0 saturated carbocycles. The number of anilines is 1. The average Bonchev–Trinajstić information content (AvgIpc) is 2.38. The molecule has 1 aromatic rings. The van der Waals surface area contributed by atoms with Crippen LogP contribution in [0.2, 0.25) is 0 Å². The Kier molecular flexibility index (Phi) is 5.33. The van der Waals surface area contributed by atoms with Crippen LogP contribution in [0, 0.1) is 11.5 Å². The zero-order valence-electron chi connectivity index (χ0n) is 10.9. The zero-order valence-corrected chi connectivity index (χ0v) is 11.7. The van der Waals surface area contributed by atoms with Gasteiger partial charge in [-0.05, 0) is 18.4 Å². The minimum Gasteiger partial charge on any atom is -0.494 e. The number of thioether (sulfide) groups is 1. The SMILES string of the molecule is COc1cc(N(C)C)ccc1N=C(NC#N)SC. The van der Waals surface area contributed by atoms with Gasteiger partial charge in [-0.25, -0.2) is 4.99 Å². The van der Waals surface area contributed by atoms with Crippen molar-refractivity contribution in [3.8, 4) is 11.9 Å². The van der Waals surface area contributed by atoms with Crippen molar-refractivity contribution in [2.45, 2.75) is 0 Å². The van der Waals surface area contributed by atoms with Crippen molar-refractivity contribution in [1.82, 2.24) is 5.32 Å². The van der Waals surface area contributed by atoms with E-state index < -0.39 is 0 Å². The molecular formula is C12H16N4OS. The average molecular weight is 264 g/mol. The summed E-state index contributed by atoms with van der Waals surface area (Å²) in [6, 6.07) is 5.72. The van der Waals surface area contributed by atoms with E-state index >= 15 is 0 Å². The third-order valence-corrected chi connectivity index (χ3v) is 2.84. The van der Waals surface area contributed by atoms with Crippen molar-refractivity contribution in [2.75, 3.05) is 32.4 Å². The first-order valence-corrected chi connectivity index (χ1v) is 6.48. The smallest absolute Gasteiger partial charge is 0.183 e. The molecular weight excluding hydrogens is 248 g/mol. The standard InChI is InChI=1S/C12H16N4OS/c1-16(2)9-5-6-10(11(7-9)17-3)15-12(18-4)14-8-13/h5-7H,1-4H3,(H,14,15). The van der Waals surface area contributed by atoms with Crippen LogP contribution in [-0.4, -0.2) is 32.6 Å². The summed E-state index contributed by atoms with van der Waals surface area (Å²) in [6.45, 7) is 0. The summed E-state index contributed by atoms with van der Waals surface area (Å²) in [4.78, 5) is 6.33. The number of benzene rings is 1. The zero-order chi connectivity index (χ0) is 13.5. The van der Waals surface area contributed by atoms with Gasteiger partial charge in [-0.1, -0.05) is 11.8 Å². The van der Waals surface area contributed by atoms with E-state index in [1.54, 1.807) is 7.11 Å². The molecule has 0 aliphatic heterocycles. The highest BCUT2D eigenvalue weighted by molar-refractivity contribution is 8.13. The number of amidine groups is 1.